The molecule has 96 valence electrons. The first-order chi connectivity index (χ1) is 7.95. The summed E-state index contributed by atoms with van der Waals surface area (Å²) in [7, 11) is 1.09. The van der Waals surface area contributed by atoms with E-state index in [4.69, 9.17) is 0 Å². The summed E-state index contributed by atoms with van der Waals surface area (Å²) >= 11 is 0. The Hall–Kier alpha value is -1.92. The van der Waals surface area contributed by atoms with E-state index < -0.39 is 24.1 Å². The third-order valence-corrected chi connectivity index (χ3v) is 1.63. The molecule has 0 saturated carbocycles. The van der Waals surface area contributed by atoms with Gasteiger partial charge in [0.15, 0.2) is 0 Å². The summed E-state index contributed by atoms with van der Waals surface area (Å²) in [6, 6.07) is 0. The van der Waals surface area contributed by atoms with Crippen LogP contribution in [-0.2, 0) is 28.6 Å². The molecule has 0 atom stereocenters. The molecule has 0 unspecified atom stereocenters. The van der Waals surface area contributed by atoms with Crippen LogP contribution >= 0.6 is 0 Å². The number of rotatable bonds is 5. The van der Waals surface area contributed by atoms with Crippen LogP contribution < -0.4 is 0 Å². The van der Waals surface area contributed by atoms with Gasteiger partial charge in [0.05, 0.1) is 7.11 Å². The van der Waals surface area contributed by atoms with Crippen molar-refractivity contribution in [1.82, 2.24) is 0 Å². The lowest BCUT2D eigenvalue weighted by Gasteiger charge is -2.01. The average molecular weight is 246 g/mol. The van der Waals surface area contributed by atoms with Crippen molar-refractivity contribution in [3.05, 3.63) is 0 Å². The number of carbonyl (C=O) groups is 4. The first-order valence-electron chi connectivity index (χ1n) is 4.95. The van der Waals surface area contributed by atoms with Crippen molar-refractivity contribution in [3.8, 4) is 0 Å². The number of carbonyl (C=O) groups excluding carboxylic acids is 4. The topological polar surface area (TPSA) is 96.0 Å². The predicted molar refractivity (Wildman–Crippen MR) is 53.7 cm³/mol. The van der Waals surface area contributed by atoms with Gasteiger partial charge in [-0.1, -0.05) is 0 Å². The number of unbranched alkanes of at least 4 members (excludes halogenated alkanes) is 1. The molecule has 0 aliphatic heterocycles. The Balaban J connectivity index is 3.57. The van der Waals surface area contributed by atoms with Crippen molar-refractivity contribution < 1.29 is 33.4 Å². The second-order valence-electron chi connectivity index (χ2n) is 3.10. The van der Waals surface area contributed by atoms with E-state index in [0.717, 1.165) is 14.0 Å². The van der Waals surface area contributed by atoms with Crippen LogP contribution in [0.4, 0.5) is 4.79 Å². The third-order valence-electron chi connectivity index (χ3n) is 1.63. The molecule has 17 heavy (non-hydrogen) atoms. The molecule has 0 fully saturated rings. The van der Waals surface area contributed by atoms with Crippen molar-refractivity contribution in [2.45, 2.75) is 32.6 Å². The molecule has 0 spiro atoms. The molecule has 0 aliphatic carbocycles. The van der Waals surface area contributed by atoms with E-state index in [9.17, 15) is 19.2 Å². The molecule has 0 N–H and O–H groups in total. The highest BCUT2D eigenvalue weighted by atomic mass is 16.7. The van der Waals surface area contributed by atoms with Gasteiger partial charge in [-0.25, -0.2) is 4.79 Å². The summed E-state index contributed by atoms with van der Waals surface area (Å²) in [5.41, 5.74) is 0. The molecule has 7 heteroatoms. The molecule has 0 aromatic carbocycles. The zero-order valence-corrected chi connectivity index (χ0v) is 9.69. The molecule has 0 heterocycles. The minimum absolute atomic E-state index is 0.0115. The zero-order valence-electron chi connectivity index (χ0n) is 9.69. The number of hydrogen-bond donors (Lipinski definition) is 0. The fourth-order valence-corrected chi connectivity index (χ4v) is 0.936. The fraction of sp³-hybridized carbons (Fsp3) is 0.600. The SMILES string of the molecule is COC(=O)OC(=O)CCCCC(=O)OC(C)=O. The Morgan fingerprint density at radius 2 is 1.35 bits per heavy atom. The summed E-state index contributed by atoms with van der Waals surface area (Å²) in [5.74, 6) is -2.03. The zero-order chi connectivity index (χ0) is 13.3. The summed E-state index contributed by atoms with van der Waals surface area (Å²) in [4.78, 5) is 42.7. The monoisotopic (exact) mass is 246 g/mol. The maximum absolute atomic E-state index is 10.9. The summed E-state index contributed by atoms with van der Waals surface area (Å²) in [6.07, 6.45) is -0.329. The van der Waals surface area contributed by atoms with Crippen molar-refractivity contribution in [2.75, 3.05) is 7.11 Å². The van der Waals surface area contributed by atoms with Crippen molar-refractivity contribution >= 4 is 24.1 Å². The van der Waals surface area contributed by atoms with Crippen LogP contribution in [0.15, 0.2) is 0 Å². The molecule has 0 saturated heterocycles. The first-order valence-corrected chi connectivity index (χ1v) is 4.95. The van der Waals surface area contributed by atoms with Crippen LogP contribution in [0.25, 0.3) is 0 Å². The van der Waals surface area contributed by atoms with Gasteiger partial charge in [0.2, 0.25) is 0 Å². The highest BCUT2D eigenvalue weighted by Gasteiger charge is 2.11. The molecule has 7 nitrogen and oxygen atoms in total. The van der Waals surface area contributed by atoms with Gasteiger partial charge in [0.25, 0.3) is 0 Å². The van der Waals surface area contributed by atoms with Crippen LogP contribution in [-0.4, -0.2) is 31.2 Å². The Labute approximate surface area is 98.0 Å². The second kappa shape index (κ2) is 8.26. The molecule has 0 amide bonds. The minimum Gasteiger partial charge on any atom is -0.437 e. The molecule has 0 radical (unpaired) electrons. The lowest BCUT2D eigenvalue weighted by molar-refractivity contribution is -0.158. The smallest absolute Gasteiger partial charge is 0.437 e. The highest BCUT2D eigenvalue weighted by Crippen LogP contribution is 2.03. The largest absolute Gasteiger partial charge is 0.515 e. The summed E-state index contributed by atoms with van der Waals surface area (Å²) in [5, 5.41) is 0. The molecule has 0 aliphatic rings. The number of methoxy groups -OCH3 is 1. The number of ether oxygens (including phenoxy) is 3. The predicted octanol–water partition coefficient (Wildman–Crippen LogP) is 0.946. The fourth-order valence-electron chi connectivity index (χ4n) is 0.936. The number of esters is 3. The van der Waals surface area contributed by atoms with Gasteiger partial charge < -0.3 is 14.2 Å². The maximum atomic E-state index is 10.9. The van der Waals surface area contributed by atoms with Gasteiger partial charge in [-0.05, 0) is 12.8 Å². The molecule has 0 rings (SSSR count). The van der Waals surface area contributed by atoms with Crippen molar-refractivity contribution in [3.63, 3.8) is 0 Å². The minimum atomic E-state index is -1.06. The van der Waals surface area contributed by atoms with Crippen LogP contribution in [0, 0.1) is 0 Å². The van der Waals surface area contributed by atoms with Crippen LogP contribution in [0.5, 0.6) is 0 Å². The molecular weight excluding hydrogens is 232 g/mol. The van der Waals surface area contributed by atoms with Gasteiger partial charge in [0, 0.05) is 19.8 Å². The Morgan fingerprint density at radius 3 is 1.76 bits per heavy atom. The van der Waals surface area contributed by atoms with E-state index in [1.54, 1.807) is 0 Å². The summed E-state index contributed by atoms with van der Waals surface area (Å²) in [6.45, 7) is 1.13. The van der Waals surface area contributed by atoms with E-state index in [1.165, 1.54) is 0 Å². The molecule has 0 aromatic heterocycles. The maximum Gasteiger partial charge on any atom is 0.515 e. The second-order valence-corrected chi connectivity index (χ2v) is 3.10. The van der Waals surface area contributed by atoms with Gasteiger partial charge in [-0.15, -0.1) is 0 Å². The van der Waals surface area contributed by atoms with E-state index in [-0.39, 0.29) is 12.8 Å². The van der Waals surface area contributed by atoms with Crippen LogP contribution in [0.2, 0.25) is 0 Å². The Morgan fingerprint density at radius 1 is 0.882 bits per heavy atom. The molecule has 0 bridgehead atoms. The number of hydrogen-bond acceptors (Lipinski definition) is 7. The lowest BCUT2D eigenvalue weighted by Crippen LogP contribution is -2.12. The highest BCUT2D eigenvalue weighted by molar-refractivity contribution is 5.84. The van der Waals surface area contributed by atoms with Crippen LogP contribution in [0.3, 0.4) is 0 Å². The van der Waals surface area contributed by atoms with E-state index >= 15 is 0 Å². The van der Waals surface area contributed by atoms with Gasteiger partial charge in [-0.3, -0.25) is 14.4 Å². The standard InChI is InChI=1S/C10H14O7/c1-7(11)16-8(12)5-3-4-6-9(13)17-10(14)15-2/h3-6H2,1-2H3. The summed E-state index contributed by atoms with van der Waals surface area (Å²) < 4.78 is 12.6. The average Bonchev–Trinajstić information content (AvgIpc) is 2.23. The van der Waals surface area contributed by atoms with Gasteiger partial charge in [-0.2, -0.15) is 0 Å². The van der Waals surface area contributed by atoms with Gasteiger partial charge in [0.1, 0.15) is 0 Å². The van der Waals surface area contributed by atoms with E-state index in [1.807, 2.05) is 0 Å². The van der Waals surface area contributed by atoms with E-state index in [0.29, 0.717) is 12.8 Å². The normalized spacial score (nSPS) is 9.29. The van der Waals surface area contributed by atoms with Crippen LogP contribution in [0.1, 0.15) is 32.6 Å². The molecular formula is C10H14O7. The van der Waals surface area contributed by atoms with Crippen molar-refractivity contribution in [1.29, 1.82) is 0 Å². The van der Waals surface area contributed by atoms with Crippen molar-refractivity contribution in [2.24, 2.45) is 0 Å². The quantitative estimate of drug-likeness (QED) is 0.404. The van der Waals surface area contributed by atoms with Gasteiger partial charge >= 0.3 is 24.1 Å². The first kappa shape index (κ1) is 15.1. The Kier molecular flexibility index (Phi) is 7.32. The van der Waals surface area contributed by atoms with E-state index in [2.05, 4.69) is 14.2 Å². The Bertz CT molecular complexity index is 308. The lowest BCUT2D eigenvalue weighted by atomic mass is 10.2. The third kappa shape index (κ3) is 9.04. The molecule has 0 aromatic rings.